The molecule has 66 valence electrons. The molecular formula is C8H17NO2. The minimum Gasteiger partial charge on any atom is -0.391 e. The molecule has 1 rings (SSSR count). The third-order valence-corrected chi connectivity index (χ3v) is 2.52. The van der Waals surface area contributed by atoms with E-state index in [1.807, 2.05) is 0 Å². The Labute approximate surface area is 67.4 Å². The first-order valence-electron chi connectivity index (χ1n) is 4.27. The Balaban J connectivity index is 2.45. The highest BCUT2D eigenvalue weighted by Crippen LogP contribution is 2.20. The van der Waals surface area contributed by atoms with Gasteiger partial charge in [-0.25, -0.2) is 0 Å². The van der Waals surface area contributed by atoms with Gasteiger partial charge in [-0.2, -0.15) is 0 Å². The Bertz CT molecular complexity index is 125. The maximum Gasteiger partial charge on any atom is 0.107 e. The highest BCUT2D eigenvalue weighted by atomic mass is 16.3. The maximum atomic E-state index is 9.44. The van der Waals surface area contributed by atoms with Crippen molar-refractivity contribution in [2.24, 2.45) is 5.92 Å². The summed E-state index contributed by atoms with van der Waals surface area (Å²) in [6.45, 7) is 4.17. The van der Waals surface area contributed by atoms with Crippen LogP contribution in [0.3, 0.4) is 0 Å². The van der Waals surface area contributed by atoms with E-state index in [9.17, 15) is 5.11 Å². The van der Waals surface area contributed by atoms with Crippen LogP contribution in [-0.2, 0) is 0 Å². The van der Waals surface area contributed by atoms with Crippen molar-refractivity contribution in [1.29, 1.82) is 0 Å². The van der Waals surface area contributed by atoms with Crippen LogP contribution in [0, 0.1) is 5.92 Å². The van der Waals surface area contributed by atoms with Crippen LogP contribution in [0.4, 0.5) is 0 Å². The van der Waals surface area contributed by atoms with Crippen molar-refractivity contribution >= 4 is 0 Å². The van der Waals surface area contributed by atoms with Gasteiger partial charge in [-0.3, -0.25) is 5.32 Å². The number of nitrogens with one attached hydrogen (secondary N) is 1. The third kappa shape index (κ3) is 1.92. The summed E-state index contributed by atoms with van der Waals surface area (Å²) in [7, 11) is 0. The molecule has 1 fully saturated rings. The zero-order valence-electron chi connectivity index (χ0n) is 7.12. The Hall–Kier alpha value is -0.120. The van der Waals surface area contributed by atoms with E-state index in [2.05, 4.69) is 19.2 Å². The summed E-state index contributed by atoms with van der Waals surface area (Å²) in [5.41, 5.74) is 0. The van der Waals surface area contributed by atoms with Crippen molar-refractivity contribution in [3.8, 4) is 0 Å². The van der Waals surface area contributed by atoms with Gasteiger partial charge in [-0.1, -0.05) is 20.3 Å². The molecule has 0 bridgehead atoms. The molecule has 3 heteroatoms. The van der Waals surface area contributed by atoms with Crippen LogP contribution in [0.15, 0.2) is 0 Å². The topological polar surface area (TPSA) is 52.5 Å². The molecule has 0 radical (unpaired) electrons. The lowest BCUT2D eigenvalue weighted by Gasteiger charge is -2.20. The predicted octanol–water partition coefficient (Wildman–Crippen LogP) is 0.0737. The number of hydrogen-bond donors (Lipinski definition) is 3. The SMILES string of the molecule is CCC(C)C1NC(O)CC1O. The van der Waals surface area contributed by atoms with Crippen molar-refractivity contribution in [2.75, 3.05) is 0 Å². The van der Waals surface area contributed by atoms with E-state index in [0.29, 0.717) is 12.3 Å². The summed E-state index contributed by atoms with van der Waals surface area (Å²) in [4.78, 5) is 0. The van der Waals surface area contributed by atoms with Crippen LogP contribution in [-0.4, -0.2) is 28.6 Å². The van der Waals surface area contributed by atoms with Gasteiger partial charge < -0.3 is 10.2 Å². The van der Waals surface area contributed by atoms with E-state index in [1.54, 1.807) is 0 Å². The van der Waals surface area contributed by atoms with Gasteiger partial charge in [0.25, 0.3) is 0 Å². The molecule has 1 saturated heterocycles. The average Bonchev–Trinajstić information content (AvgIpc) is 2.28. The van der Waals surface area contributed by atoms with Gasteiger partial charge >= 0.3 is 0 Å². The minimum absolute atomic E-state index is 0.0787. The fourth-order valence-corrected chi connectivity index (χ4v) is 1.57. The lowest BCUT2D eigenvalue weighted by atomic mass is 9.96. The average molecular weight is 159 g/mol. The molecule has 0 aromatic rings. The molecule has 11 heavy (non-hydrogen) atoms. The van der Waals surface area contributed by atoms with Crippen LogP contribution < -0.4 is 5.32 Å². The van der Waals surface area contributed by atoms with E-state index >= 15 is 0 Å². The molecule has 0 amide bonds. The number of aliphatic hydroxyl groups is 2. The summed E-state index contributed by atoms with van der Waals surface area (Å²) in [6, 6.07) is 0.0787. The zero-order chi connectivity index (χ0) is 8.43. The summed E-state index contributed by atoms with van der Waals surface area (Å²) in [6.07, 6.45) is 0.611. The van der Waals surface area contributed by atoms with Crippen LogP contribution >= 0.6 is 0 Å². The summed E-state index contributed by atoms with van der Waals surface area (Å²) in [5, 5.41) is 21.5. The Morgan fingerprint density at radius 3 is 2.55 bits per heavy atom. The Kier molecular flexibility index (Phi) is 2.87. The maximum absolute atomic E-state index is 9.44. The first-order chi connectivity index (χ1) is 5.15. The molecule has 1 aliphatic heterocycles. The minimum atomic E-state index is -0.510. The normalized spacial score (nSPS) is 40.9. The van der Waals surface area contributed by atoms with Gasteiger partial charge in [-0.15, -0.1) is 0 Å². The fraction of sp³-hybridized carbons (Fsp3) is 1.00. The van der Waals surface area contributed by atoms with Crippen molar-refractivity contribution in [1.82, 2.24) is 5.32 Å². The first-order valence-corrected chi connectivity index (χ1v) is 4.27. The molecule has 0 aliphatic carbocycles. The molecule has 1 heterocycles. The predicted molar refractivity (Wildman–Crippen MR) is 43.0 cm³/mol. The molecule has 0 aromatic carbocycles. The van der Waals surface area contributed by atoms with Crippen LogP contribution in [0.2, 0.25) is 0 Å². The standard InChI is InChI=1S/C8H17NO2/c1-3-5(2)8-6(10)4-7(11)9-8/h5-11H,3-4H2,1-2H3. The molecule has 4 unspecified atom stereocenters. The second-order valence-electron chi connectivity index (χ2n) is 3.40. The number of rotatable bonds is 2. The van der Waals surface area contributed by atoms with E-state index < -0.39 is 6.23 Å². The fourth-order valence-electron chi connectivity index (χ4n) is 1.57. The molecule has 0 saturated carbocycles. The van der Waals surface area contributed by atoms with Crippen molar-refractivity contribution in [3.63, 3.8) is 0 Å². The monoisotopic (exact) mass is 159 g/mol. The quantitative estimate of drug-likeness (QED) is 0.534. The van der Waals surface area contributed by atoms with Gasteiger partial charge in [0.15, 0.2) is 0 Å². The van der Waals surface area contributed by atoms with E-state index in [4.69, 9.17) is 5.11 Å². The van der Waals surface area contributed by atoms with Gasteiger partial charge in [0.05, 0.1) is 6.10 Å². The van der Waals surface area contributed by atoms with E-state index in [-0.39, 0.29) is 12.1 Å². The van der Waals surface area contributed by atoms with Crippen molar-refractivity contribution in [3.05, 3.63) is 0 Å². The van der Waals surface area contributed by atoms with Gasteiger partial charge in [0.2, 0.25) is 0 Å². The largest absolute Gasteiger partial charge is 0.391 e. The highest BCUT2D eigenvalue weighted by molar-refractivity contribution is 4.88. The number of hydrogen-bond acceptors (Lipinski definition) is 3. The highest BCUT2D eigenvalue weighted by Gasteiger charge is 2.33. The lowest BCUT2D eigenvalue weighted by Crippen LogP contribution is -2.38. The van der Waals surface area contributed by atoms with Crippen LogP contribution in [0.1, 0.15) is 26.7 Å². The van der Waals surface area contributed by atoms with E-state index in [0.717, 1.165) is 6.42 Å². The lowest BCUT2D eigenvalue weighted by molar-refractivity contribution is 0.123. The van der Waals surface area contributed by atoms with Crippen molar-refractivity contribution < 1.29 is 10.2 Å². The smallest absolute Gasteiger partial charge is 0.107 e. The van der Waals surface area contributed by atoms with Crippen LogP contribution in [0.5, 0.6) is 0 Å². The Morgan fingerprint density at radius 1 is 1.55 bits per heavy atom. The first kappa shape index (κ1) is 8.97. The molecule has 0 spiro atoms. The summed E-state index contributed by atoms with van der Waals surface area (Å²) in [5.74, 6) is 0.433. The molecule has 4 atom stereocenters. The zero-order valence-corrected chi connectivity index (χ0v) is 7.12. The number of aliphatic hydroxyl groups excluding tert-OH is 2. The van der Waals surface area contributed by atoms with Gasteiger partial charge in [0.1, 0.15) is 6.23 Å². The second-order valence-corrected chi connectivity index (χ2v) is 3.40. The Morgan fingerprint density at radius 2 is 2.18 bits per heavy atom. The van der Waals surface area contributed by atoms with E-state index in [1.165, 1.54) is 0 Å². The summed E-state index contributed by atoms with van der Waals surface area (Å²) < 4.78 is 0. The molecule has 3 N–H and O–H groups in total. The molecular weight excluding hydrogens is 142 g/mol. The molecule has 1 aliphatic rings. The third-order valence-electron chi connectivity index (χ3n) is 2.52. The van der Waals surface area contributed by atoms with Gasteiger partial charge in [-0.05, 0) is 5.92 Å². The summed E-state index contributed by atoms with van der Waals surface area (Å²) >= 11 is 0. The molecule has 0 aromatic heterocycles. The molecule has 3 nitrogen and oxygen atoms in total. The van der Waals surface area contributed by atoms with Crippen LogP contribution in [0.25, 0.3) is 0 Å². The second kappa shape index (κ2) is 3.52. The van der Waals surface area contributed by atoms with Crippen molar-refractivity contribution in [2.45, 2.75) is 45.1 Å². The van der Waals surface area contributed by atoms with Gasteiger partial charge in [0, 0.05) is 12.5 Å².